The second kappa shape index (κ2) is 8.42. The Morgan fingerprint density at radius 1 is 1.42 bits per heavy atom. The monoisotopic (exact) mass is 336 g/mol. The minimum absolute atomic E-state index is 0.380. The summed E-state index contributed by atoms with van der Waals surface area (Å²) in [6.45, 7) is 2.77. The molecule has 2 atom stereocenters. The Hall–Kier alpha value is -2.45. The quantitative estimate of drug-likeness (QED) is 0.721. The number of hydrogen-bond donors (Lipinski definition) is 3. The van der Waals surface area contributed by atoms with Crippen molar-refractivity contribution in [1.82, 2.24) is 15.1 Å². The van der Waals surface area contributed by atoms with Gasteiger partial charge in [-0.25, -0.2) is 9.18 Å². The molecule has 7 nitrogen and oxygen atoms in total. The number of urea groups is 1. The van der Waals surface area contributed by atoms with Crippen LogP contribution in [0.3, 0.4) is 0 Å². The summed E-state index contributed by atoms with van der Waals surface area (Å²) in [5, 5.41) is 19.6. The second-order valence-corrected chi connectivity index (χ2v) is 5.37. The summed E-state index contributed by atoms with van der Waals surface area (Å²) in [4.78, 5) is 12.0. The van der Waals surface area contributed by atoms with Crippen molar-refractivity contribution in [3.63, 3.8) is 0 Å². The maximum Gasteiger partial charge on any atom is 0.319 e. The highest BCUT2D eigenvalue weighted by Crippen LogP contribution is 2.17. The summed E-state index contributed by atoms with van der Waals surface area (Å²) in [7, 11) is 1.60. The van der Waals surface area contributed by atoms with Crippen LogP contribution in [-0.2, 0) is 11.3 Å². The maximum absolute atomic E-state index is 12.9. The summed E-state index contributed by atoms with van der Waals surface area (Å²) in [6, 6.07) is 4.47. The van der Waals surface area contributed by atoms with Gasteiger partial charge in [-0.3, -0.25) is 4.68 Å². The summed E-state index contributed by atoms with van der Waals surface area (Å²) in [5.41, 5.74) is 1.06. The molecule has 130 valence electrons. The van der Waals surface area contributed by atoms with E-state index in [-0.39, 0.29) is 5.82 Å². The van der Waals surface area contributed by atoms with Crippen molar-refractivity contribution in [3.8, 4) is 0 Å². The van der Waals surface area contributed by atoms with Gasteiger partial charge < -0.3 is 20.5 Å². The third-order valence-corrected chi connectivity index (χ3v) is 3.46. The molecule has 2 aromatic rings. The number of hydrogen-bond acceptors (Lipinski definition) is 4. The minimum Gasteiger partial charge on any atom is -0.386 e. The van der Waals surface area contributed by atoms with E-state index >= 15 is 0 Å². The van der Waals surface area contributed by atoms with E-state index in [0.717, 1.165) is 0 Å². The maximum atomic E-state index is 12.9. The van der Waals surface area contributed by atoms with E-state index in [4.69, 9.17) is 4.74 Å². The topological polar surface area (TPSA) is 88.4 Å². The number of amides is 2. The molecule has 8 heteroatoms. The van der Waals surface area contributed by atoms with Crippen LogP contribution in [0.1, 0.15) is 18.6 Å². The molecule has 3 N–H and O–H groups in total. The molecule has 0 fully saturated rings. The van der Waals surface area contributed by atoms with Crippen LogP contribution in [0.2, 0.25) is 0 Å². The number of ether oxygens (including phenoxy) is 1. The number of halogens is 1. The molecule has 0 radical (unpaired) electrons. The smallest absolute Gasteiger partial charge is 0.319 e. The van der Waals surface area contributed by atoms with Crippen molar-refractivity contribution in [1.29, 1.82) is 0 Å². The number of aliphatic hydroxyl groups is 1. The minimum atomic E-state index is -0.944. The molecule has 2 rings (SSSR count). The van der Waals surface area contributed by atoms with Gasteiger partial charge in [0.05, 0.1) is 37.2 Å². The molecule has 0 saturated carbocycles. The average molecular weight is 336 g/mol. The zero-order valence-electron chi connectivity index (χ0n) is 13.6. The van der Waals surface area contributed by atoms with Crippen LogP contribution in [0, 0.1) is 5.82 Å². The van der Waals surface area contributed by atoms with Crippen LogP contribution in [0.4, 0.5) is 14.9 Å². The molecule has 0 aliphatic carbocycles. The fourth-order valence-electron chi connectivity index (χ4n) is 2.14. The van der Waals surface area contributed by atoms with Gasteiger partial charge in [0.2, 0.25) is 0 Å². The zero-order valence-corrected chi connectivity index (χ0v) is 13.6. The number of rotatable bonds is 7. The molecule has 0 saturated heterocycles. The van der Waals surface area contributed by atoms with E-state index in [2.05, 4.69) is 15.7 Å². The fraction of sp³-hybridized carbons (Fsp3) is 0.375. The molecule has 0 unspecified atom stereocenters. The molecule has 24 heavy (non-hydrogen) atoms. The first-order chi connectivity index (χ1) is 11.5. The third kappa shape index (κ3) is 5.04. The van der Waals surface area contributed by atoms with Gasteiger partial charge in [0, 0.05) is 13.3 Å². The predicted octanol–water partition coefficient (Wildman–Crippen LogP) is 1.91. The Bertz CT molecular complexity index is 660. The Kier molecular flexibility index (Phi) is 6.28. The Morgan fingerprint density at radius 3 is 2.79 bits per heavy atom. The lowest BCUT2D eigenvalue weighted by Gasteiger charge is -2.20. The number of aliphatic hydroxyl groups excluding tert-OH is 1. The lowest BCUT2D eigenvalue weighted by Crippen LogP contribution is -2.39. The molecule has 0 spiro atoms. The van der Waals surface area contributed by atoms with E-state index in [9.17, 15) is 14.3 Å². The van der Waals surface area contributed by atoms with Crippen LogP contribution in [0.5, 0.6) is 0 Å². The SMILES string of the molecule is COCCn1cc(NC(=O)N[C@@H](C)[C@H](O)c2ccc(F)cc2)cn1. The summed E-state index contributed by atoms with van der Waals surface area (Å²) >= 11 is 0. The summed E-state index contributed by atoms with van der Waals surface area (Å²) in [5.74, 6) is -0.380. The predicted molar refractivity (Wildman–Crippen MR) is 87.1 cm³/mol. The van der Waals surface area contributed by atoms with Crippen molar-refractivity contribution < 1.29 is 19.0 Å². The van der Waals surface area contributed by atoms with Gasteiger partial charge in [-0.05, 0) is 24.6 Å². The van der Waals surface area contributed by atoms with Crippen molar-refractivity contribution in [2.45, 2.75) is 25.6 Å². The zero-order chi connectivity index (χ0) is 17.5. The van der Waals surface area contributed by atoms with E-state index in [1.54, 1.807) is 24.9 Å². The molecule has 1 heterocycles. The fourth-order valence-corrected chi connectivity index (χ4v) is 2.14. The lowest BCUT2D eigenvalue weighted by atomic mass is 10.0. The second-order valence-electron chi connectivity index (χ2n) is 5.37. The molecule has 2 amide bonds. The number of carbonyl (C=O) groups is 1. The highest BCUT2D eigenvalue weighted by molar-refractivity contribution is 5.89. The molecule has 1 aromatic heterocycles. The van der Waals surface area contributed by atoms with Crippen LogP contribution >= 0.6 is 0 Å². The normalized spacial score (nSPS) is 13.3. The van der Waals surface area contributed by atoms with Crippen LogP contribution in [-0.4, -0.2) is 40.7 Å². The van der Waals surface area contributed by atoms with Gasteiger partial charge >= 0.3 is 6.03 Å². The van der Waals surface area contributed by atoms with Crippen molar-refractivity contribution in [2.24, 2.45) is 0 Å². The number of nitrogens with one attached hydrogen (secondary N) is 2. The number of anilines is 1. The van der Waals surface area contributed by atoms with Crippen LogP contribution < -0.4 is 10.6 Å². The van der Waals surface area contributed by atoms with E-state index in [1.807, 2.05) is 0 Å². The van der Waals surface area contributed by atoms with Crippen LogP contribution in [0.25, 0.3) is 0 Å². The van der Waals surface area contributed by atoms with E-state index in [0.29, 0.717) is 24.4 Å². The number of methoxy groups -OCH3 is 1. The summed E-state index contributed by atoms with van der Waals surface area (Å²) in [6.07, 6.45) is 2.26. The summed E-state index contributed by atoms with van der Waals surface area (Å²) < 4.78 is 19.5. The van der Waals surface area contributed by atoms with Gasteiger partial charge in [0.15, 0.2) is 0 Å². The van der Waals surface area contributed by atoms with Gasteiger partial charge in [0.25, 0.3) is 0 Å². The first-order valence-corrected chi connectivity index (χ1v) is 7.52. The van der Waals surface area contributed by atoms with Gasteiger partial charge in [0.1, 0.15) is 5.82 Å². The van der Waals surface area contributed by atoms with Gasteiger partial charge in [-0.15, -0.1) is 0 Å². The van der Waals surface area contributed by atoms with E-state index < -0.39 is 18.2 Å². The highest BCUT2D eigenvalue weighted by atomic mass is 19.1. The molecule has 0 aliphatic rings. The first kappa shape index (κ1) is 17.9. The number of aromatic nitrogens is 2. The number of nitrogens with zero attached hydrogens (tertiary/aromatic N) is 2. The average Bonchev–Trinajstić information content (AvgIpc) is 3.00. The molecular weight excluding hydrogens is 315 g/mol. The van der Waals surface area contributed by atoms with Gasteiger partial charge in [-0.2, -0.15) is 5.10 Å². The first-order valence-electron chi connectivity index (χ1n) is 7.52. The Labute approximate surface area is 139 Å². The van der Waals surface area contributed by atoms with E-state index in [1.165, 1.54) is 30.5 Å². The van der Waals surface area contributed by atoms with Gasteiger partial charge in [-0.1, -0.05) is 12.1 Å². The molecule has 0 aliphatic heterocycles. The largest absolute Gasteiger partial charge is 0.386 e. The Balaban J connectivity index is 1.86. The lowest BCUT2D eigenvalue weighted by molar-refractivity contribution is 0.139. The Morgan fingerprint density at radius 2 is 2.12 bits per heavy atom. The van der Waals surface area contributed by atoms with Crippen molar-refractivity contribution >= 4 is 11.7 Å². The highest BCUT2D eigenvalue weighted by Gasteiger charge is 2.18. The standard InChI is InChI=1S/C16H21FN4O3/c1-11(15(22)12-3-5-13(17)6-4-12)19-16(23)20-14-9-18-21(10-14)7-8-24-2/h3-6,9-11,15,22H,7-8H2,1-2H3,(H2,19,20,23)/t11-,15-/m0/s1. The molecule has 0 bridgehead atoms. The molecular formula is C16H21FN4O3. The van der Waals surface area contributed by atoms with Crippen molar-refractivity contribution in [3.05, 3.63) is 48.0 Å². The number of carbonyl (C=O) groups excluding carboxylic acids is 1. The van der Waals surface area contributed by atoms with Crippen LogP contribution in [0.15, 0.2) is 36.7 Å². The molecule has 1 aromatic carbocycles. The number of benzene rings is 1. The third-order valence-electron chi connectivity index (χ3n) is 3.46. The van der Waals surface area contributed by atoms with Crippen molar-refractivity contribution in [2.75, 3.05) is 19.0 Å².